The van der Waals surface area contributed by atoms with Crippen molar-refractivity contribution in [1.29, 1.82) is 0 Å². The smallest absolute Gasteiger partial charge is 0.416 e. The van der Waals surface area contributed by atoms with Crippen molar-refractivity contribution in [3.63, 3.8) is 0 Å². The maximum Gasteiger partial charge on any atom is 0.416 e. The van der Waals surface area contributed by atoms with E-state index in [-0.39, 0.29) is 17.2 Å². The number of carbonyl (C=O) groups is 1. The number of thioether (sulfide) groups is 1. The summed E-state index contributed by atoms with van der Waals surface area (Å²) in [6.07, 6.45) is -2.84. The van der Waals surface area contributed by atoms with E-state index in [2.05, 4.69) is 15.3 Å². The number of nitrogens with one attached hydrogen (secondary N) is 1. The molecular weight excluding hydrogens is 519 g/mol. The zero-order valence-corrected chi connectivity index (χ0v) is 20.6. The molecule has 0 fully saturated rings. The molecule has 10 heteroatoms. The van der Waals surface area contributed by atoms with Gasteiger partial charge in [-0.1, -0.05) is 48.2 Å². The van der Waals surface area contributed by atoms with Crippen LogP contribution in [0.15, 0.2) is 88.2 Å². The Bertz CT molecular complexity index is 1650. The van der Waals surface area contributed by atoms with Crippen LogP contribution in [0.5, 0.6) is 5.75 Å². The molecule has 0 unspecified atom stereocenters. The number of benzene rings is 4. The first-order chi connectivity index (χ1) is 17.8. The van der Waals surface area contributed by atoms with Gasteiger partial charge in [0, 0.05) is 17.5 Å². The molecule has 0 spiro atoms. The maximum atomic E-state index is 12.9. The summed E-state index contributed by atoms with van der Waals surface area (Å²) < 4.78 is 40.2. The van der Waals surface area contributed by atoms with Crippen LogP contribution in [0.2, 0.25) is 0 Å². The highest BCUT2D eigenvalue weighted by Crippen LogP contribution is 2.33. The predicted molar refractivity (Wildman–Crippen MR) is 143 cm³/mol. The quantitative estimate of drug-likeness (QED) is 0.172. The van der Waals surface area contributed by atoms with E-state index in [0.29, 0.717) is 15.6 Å². The molecule has 0 radical (unpaired) electrons. The highest BCUT2D eigenvalue weighted by molar-refractivity contribution is 8.01. The van der Waals surface area contributed by atoms with Crippen LogP contribution in [-0.2, 0) is 11.0 Å². The van der Waals surface area contributed by atoms with Crippen LogP contribution < -0.4 is 5.32 Å². The summed E-state index contributed by atoms with van der Waals surface area (Å²) in [6, 6.07) is 21.3. The third kappa shape index (κ3) is 5.76. The number of amides is 1. The second kappa shape index (κ2) is 10.2. The van der Waals surface area contributed by atoms with Crippen molar-refractivity contribution in [2.75, 3.05) is 11.1 Å². The standard InChI is InChI=1S/C27H18F3N3O2S2/c28-27(29,30)17-5-3-6-19(12-17)32-25(35)15-36-26-33-22-10-9-18(13-24(22)37-26)31-14-21-20-7-2-1-4-16(20)8-11-23(21)34/h1-14,34H,15H2,(H,32,35). The van der Waals surface area contributed by atoms with E-state index in [1.165, 1.54) is 35.2 Å². The van der Waals surface area contributed by atoms with Gasteiger partial charge in [0.2, 0.25) is 5.91 Å². The number of rotatable bonds is 6. The highest BCUT2D eigenvalue weighted by Gasteiger charge is 2.30. The third-order valence-electron chi connectivity index (χ3n) is 5.44. The second-order valence-electron chi connectivity index (χ2n) is 8.02. The van der Waals surface area contributed by atoms with E-state index < -0.39 is 17.6 Å². The van der Waals surface area contributed by atoms with E-state index in [0.717, 1.165) is 33.1 Å². The Hall–Kier alpha value is -3.89. The number of alkyl halides is 3. The van der Waals surface area contributed by atoms with Crippen molar-refractivity contribution < 1.29 is 23.1 Å². The van der Waals surface area contributed by atoms with Gasteiger partial charge in [0.1, 0.15) is 5.75 Å². The lowest BCUT2D eigenvalue weighted by molar-refractivity contribution is -0.137. The van der Waals surface area contributed by atoms with Crippen molar-refractivity contribution in [2.45, 2.75) is 10.5 Å². The van der Waals surface area contributed by atoms with Gasteiger partial charge in [0.25, 0.3) is 0 Å². The van der Waals surface area contributed by atoms with Gasteiger partial charge in [0.15, 0.2) is 4.34 Å². The van der Waals surface area contributed by atoms with Crippen LogP contribution in [0, 0.1) is 0 Å². The van der Waals surface area contributed by atoms with Gasteiger partial charge in [-0.25, -0.2) is 4.98 Å². The number of hydrogen-bond donors (Lipinski definition) is 2. The van der Waals surface area contributed by atoms with Crippen LogP contribution in [0.3, 0.4) is 0 Å². The molecule has 1 amide bonds. The van der Waals surface area contributed by atoms with Gasteiger partial charge in [-0.15, -0.1) is 11.3 Å². The minimum Gasteiger partial charge on any atom is -0.507 e. The lowest BCUT2D eigenvalue weighted by atomic mass is 10.0. The number of anilines is 1. The number of phenolic OH excluding ortho intramolecular Hbond substituents is 1. The van der Waals surface area contributed by atoms with Gasteiger partial charge < -0.3 is 10.4 Å². The third-order valence-corrected chi connectivity index (χ3v) is 7.60. The lowest BCUT2D eigenvalue weighted by Crippen LogP contribution is -2.14. The van der Waals surface area contributed by atoms with Crippen LogP contribution >= 0.6 is 23.1 Å². The topological polar surface area (TPSA) is 74.6 Å². The molecule has 37 heavy (non-hydrogen) atoms. The second-order valence-corrected chi connectivity index (χ2v) is 10.3. The Balaban J connectivity index is 1.27. The molecule has 5 aromatic rings. The average Bonchev–Trinajstić information content (AvgIpc) is 3.29. The fourth-order valence-electron chi connectivity index (χ4n) is 3.69. The zero-order valence-electron chi connectivity index (χ0n) is 19.0. The van der Waals surface area contributed by atoms with Gasteiger partial charge in [0.05, 0.1) is 27.2 Å². The van der Waals surface area contributed by atoms with E-state index in [1.807, 2.05) is 48.5 Å². The Labute approximate surface area is 217 Å². The molecule has 0 aliphatic carbocycles. The fraction of sp³-hybridized carbons (Fsp3) is 0.0741. The van der Waals surface area contributed by atoms with Crippen LogP contribution in [0.4, 0.5) is 24.5 Å². The summed E-state index contributed by atoms with van der Waals surface area (Å²) >= 11 is 2.60. The highest BCUT2D eigenvalue weighted by atomic mass is 32.2. The molecule has 0 saturated heterocycles. The molecular formula is C27H18F3N3O2S2. The van der Waals surface area contributed by atoms with Gasteiger partial charge >= 0.3 is 6.18 Å². The SMILES string of the molecule is O=C(CSc1nc2ccc(N=Cc3c(O)ccc4ccccc34)cc2s1)Nc1cccc(C(F)(F)F)c1. The number of halogens is 3. The normalized spacial score (nSPS) is 12.0. The number of aliphatic imine (C=N–C) groups is 1. The summed E-state index contributed by atoms with van der Waals surface area (Å²) in [5, 5.41) is 14.7. The summed E-state index contributed by atoms with van der Waals surface area (Å²) in [6.45, 7) is 0. The zero-order chi connectivity index (χ0) is 26.0. The monoisotopic (exact) mass is 537 g/mol. The molecule has 0 aliphatic rings. The minimum atomic E-state index is -4.48. The number of aromatic nitrogens is 1. The van der Waals surface area contributed by atoms with Crippen molar-refractivity contribution in [3.05, 3.63) is 90.0 Å². The predicted octanol–water partition coefficient (Wildman–Crippen LogP) is 7.66. The number of nitrogens with zero attached hydrogens (tertiary/aromatic N) is 2. The molecule has 0 saturated carbocycles. The fourth-order valence-corrected chi connectivity index (χ4v) is 5.59. The first-order valence-electron chi connectivity index (χ1n) is 11.0. The number of thiazole rings is 1. The maximum absolute atomic E-state index is 12.9. The Morgan fingerprint density at radius 1 is 1.05 bits per heavy atom. The van der Waals surface area contributed by atoms with E-state index >= 15 is 0 Å². The molecule has 0 atom stereocenters. The average molecular weight is 538 g/mol. The summed E-state index contributed by atoms with van der Waals surface area (Å²) in [4.78, 5) is 21.3. The van der Waals surface area contributed by atoms with E-state index in [9.17, 15) is 23.1 Å². The van der Waals surface area contributed by atoms with Gasteiger partial charge in [-0.3, -0.25) is 9.79 Å². The Morgan fingerprint density at radius 2 is 1.89 bits per heavy atom. The molecule has 1 heterocycles. The van der Waals surface area contributed by atoms with Crippen molar-refractivity contribution in [2.24, 2.45) is 4.99 Å². The van der Waals surface area contributed by atoms with E-state index in [1.54, 1.807) is 12.3 Å². The number of aromatic hydroxyl groups is 1. The van der Waals surface area contributed by atoms with Crippen molar-refractivity contribution in [1.82, 2.24) is 4.98 Å². The van der Waals surface area contributed by atoms with Gasteiger partial charge in [-0.05, 0) is 53.2 Å². The number of hydrogen-bond acceptors (Lipinski definition) is 6. The minimum absolute atomic E-state index is 0.00142. The van der Waals surface area contributed by atoms with Crippen LogP contribution in [-0.4, -0.2) is 28.0 Å². The van der Waals surface area contributed by atoms with Crippen LogP contribution in [0.25, 0.3) is 21.0 Å². The molecule has 2 N–H and O–H groups in total. The van der Waals surface area contributed by atoms with Crippen LogP contribution in [0.1, 0.15) is 11.1 Å². The van der Waals surface area contributed by atoms with Crippen molar-refractivity contribution >= 4 is 67.6 Å². The van der Waals surface area contributed by atoms with Gasteiger partial charge in [-0.2, -0.15) is 13.2 Å². The molecule has 186 valence electrons. The largest absolute Gasteiger partial charge is 0.507 e. The Morgan fingerprint density at radius 3 is 2.73 bits per heavy atom. The first-order valence-corrected chi connectivity index (χ1v) is 12.8. The molecule has 1 aromatic heterocycles. The summed E-state index contributed by atoms with van der Waals surface area (Å²) in [5.41, 5.74) is 1.33. The van der Waals surface area contributed by atoms with Crippen molar-refractivity contribution in [3.8, 4) is 5.75 Å². The molecule has 4 aromatic carbocycles. The van der Waals surface area contributed by atoms with E-state index in [4.69, 9.17) is 0 Å². The lowest BCUT2D eigenvalue weighted by Gasteiger charge is -2.09. The summed E-state index contributed by atoms with van der Waals surface area (Å²) in [5.74, 6) is -0.284. The molecule has 5 rings (SSSR count). The number of fused-ring (bicyclic) bond motifs is 2. The summed E-state index contributed by atoms with van der Waals surface area (Å²) in [7, 11) is 0. The molecule has 0 aliphatic heterocycles. The molecule has 5 nitrogen and oxygen atoms in total. The molecule has 0 bridgehead atoms. The Kier molecular flexibility index (Phi) is 6.86. The first kappa shape index (κ1) is 24.8. The number of phenols is 1. The number of carbonyl (C=O) groups excluding carboxylic acids is 1.